The Bertz CT molecular complexity index is 223. The van der Waals surface area contributed by atoms with Crippen LogP contribution in [-0.4, -0.2) is 25.3 Å². The van der Waals surface area contributed by atoms with Crippen molar-refractivity contribution in [2.24, 2.45) is 5.41 Å². The highest BCUT2D eigenvalue weighted by molar-refractivity contribution is 5.05. The van der Waals surface area contributed by atoms with Gasteiger partial charge in [0.05, 0.1) is 6.10 Å². The molecule has 1 aliphatic carbocycles. The molecule has 2 unspecified atom stereocenters. The van der Waals surface area contributed by atoms with Crippen LogP contribution >= 0.6 is 0 Å². The second-order valence-electron chi connectivity index (χ2n) is 5.04. The van der Waals surface area contributed by atoms with E-state index in [4.69, 9.17) is 4.74 Å². The summed E-state index contributed by atoms with van der Waals surface area (Å²) in [5.74, 6) is 0. The first-order chi connectivity index (χ1) is 7.02. The van der Waals surface area contributed by atoms with Crippen LogP contribution in [0.2, 0.25) is 0 Å². The van der Waals surface area contributed by atoms with Crippen LogP contribution in [0.1, 0.15) is 40.5 Å². The molecule has 88 valence electrons. The van der Waals surface area contributed by atoms with Gasteiger partial charge in [-0.2, -0.15) is 0 Å². The highest BCUT2D eigenvalue weighted by Crippen LogP contribution is 2.42. The van der Waals surface area contributed by atoms with Crippen LogP contribution in [0.5, 0.6) is 0 Å². The van der Waals surface area contributed by atoms with E-state index in [1.54, 1.807) is 0 Å². The Labute approximate surface area is 94.1 Å². The van der Waals surface area contributed by atoms with Crippen LogP contribution in [0.15, 0.2) is 12.2 Å². The van der Waals surface area contributed by atoms with E-state index >= 15 is 0 Å². The van der Waals surface area contributed by atoms with Crippen LogP contribution in [-0.2, 0) is 4.74 Å². The van der Waals surface area contributed by atoms with Gasteiger partial charge in [-0.1, -0.05) is 32.9 Å². The quantitative estimate of drug-likeness (QED) is 0.682. The molecule has 15 heavy (non-hydrogen) atoms. The fourth-order valence-corrected chi connectivity index (χ4v) is 2.11. The smallest absolute Gasteiger partial charge is 0.0655 e. The van der Waals surface area contributed by atoms with E-state index in [2.05, 4.69) is 39.6 Å². The molecular formula is C13H25NO. The first-order valence-corrected chi connectivity index (χ1v) is 6.04. The molecule has 0 amide bonds. The normalized spacial score (nSPS) is 28.5. The maximum atomic E-state index is 5.69. The average molecular weight is 211 g/mol. The molecule has 1 N–H and O–H groups in total. The van der Waals surface area contributed by atoms with E-state index < -0.39 is 0 Å². The summed E-state index contributed by atoms with van der Waals surface area (Å²) >= 11 is 0. The van der Waals surface area contributed by atoms with Gasteiger partial charge in [0, 0.05) is 24.6 Å². The van der Waals surface area contributed by atoms with Crippen LogP contribution in [0.4, 0.5) is 0 Å². The van der Waals surface area contributed by atoms with Crippen LogP contribution in [0.3, 0.4) is 0 Å². The van der Waals surface area contributed by atoms with E-state index in [1.165, 1.54) is 5.57 Å². The van der Waals surface area contributed by atoms with E-state index in [0.717, 1.165) is 26.0 Å². The largest absolute Gasteiger partial charge is 0.378 e. The van der Waals surface area contributed by atoms with Crippen molar-refractivity contribution < 1.29 is 4.74 Å². The minimum atomic E-state index is 0.268. The van der Waals surface area contributed by atoms with Gasteiger partial charge in [0.15, 0.2) is 0 Å². The summed E-state index contributed by atoms with van der Waals surface area (Å²) in [6, 6.07) is 0.581. The Morgan fingerprint density at radius 1 is 1.47 bits per heavy atom. The lowest BCUT2D eigenvalue weighted by atomic mass is 9.64. The highest BCUT2D eigenvalue weighted by atomic mass is 16.5. The zero-order valence-electron chi connectivity index (χ0n) is 10.6. The Balaban J connectivity index is 2.32. The fourth-order valence-electron chi connectivity index (χ4n) is 2.11. The molecule has 0 heterocycles. The number of hydrogen-bond donors (Lipinski definition) is 1. The van der Waals surface area contributed by atoms with Crippen molar-refractivity contribution in [1.29, 1.82) is 0 Å². The van der Waals surface area contributed by atoms with Crippen molar-refractivity contribution in [1.82, 2.24) is 5.32 Å². The van der Waals surface area contributed by atoms with Crippen molar-refractivity contribution in [3.8, 4) is 0 Å². The van der Waals surface area contributed by atoms with E-state index in [9.17, 15) is 0 Å². The van der Waals surface area contributed by atoms with Gasteiger partial charge in [-0.25, -0.2) is 0 Å². The lowest BCUT2D eigenvalue weighted by Gasteiger charge is -2.52. The monoisotopic (exact) mass is 211 g/mol. The molecule has 0 bridgehead atoms. The lowest BCUT2D eigenvalue weighted by Crippen LogP contribution is -2.61. The first-order valence-electron chi connectivity index (χ1n) is 6.04. The summed E-state index contributed by atoms with van der Waals surface area (Å²) in [6.07, 6.45) is 2.63. The van der Waals surface area contributed by atoms with Crippen molar-refractivity contribution in [2.75, 3.05) is 13.2 Å². The summed E-state index contributed by atoms with van der Waals surface area (Å²) < 4.78 is 5.69. The molecule has 2 nitrogen and oxygen atoms in total. The molecule has 0 spiro atoms. The molecule has 0 saturated heterocycles. The van der Waals surface area contributed by atoms with E-state index in [-0.39, 0.29) is 5.41 Å². The Hall–Kier alpha value is -0.340. The molecule has 0 aromatic heterocycles. The minimum Gasteiger partial charge on any atom is -0.378 e. The second kappa shape index (κ2) is 5.13. The Morgan fingerprint density at radius 3 is 2.60 bits per heavy atom. The summed E-state index contributed by atoms with van der Waals surface area (Å²) in [5, 5.41) is 3.57. The summed E-state index contributed by atoms with van der Waals surface area (Å²) in [4.78, 5) is 0. The SMILES string of the molecule is C=C(CC)CNC1CC(OCC)C1(C)C. The standard InChI is InChI=1S/C13H25NO/c1-6-10(3)9-14-11-8-12(15-7-2)13(11,4)5/h11-12,14H,3,6-9H2,1-2,4-5H3. The van der Waals surface area contributed by atoms with Crippen LogP contribution < -0.4 is 5.32 Å². The van der Waals surface area contributed by atoms with Gasteiger partial charge in [-0.3, -0.25) is 0 Å². The van der Waals surface area contributed by atoms with Crippen LogP contribution in [0.25, 0.3) is 0 Å². The van der Waals surface area contributed by atoms with Gasteiger partial charge in [-0.15, -0.1) is 0 Å². The molecule has 0 aromatic rings. The van der Waals surface area contributed by atoms with Gasteiger partial charge in [0.25, 0.3) is 0 Å². The zero-order chi connectivity index (χ0) is 11.5. The summed E-state index contributed by atoms with van der Waals surface area (Å²) in [5.41, 5.74) is 1.55. The number of rotatable bonds is 6. The Kier molecular flexibility index (Phi) is 4.35. The third-order valence-corrected chi connectivity index (χ3v) is 3.64. The molecule has 1 rings (SSSR count). The Morgan fingerprint density at radius 2 is 2.13 bits per heavy atom. The van der Waals surface area contributed by atoms with Crippen molar-refractivity contribution in [3.63, 3.8) is 0 Å². The molecule has 0 aliphatic heterocycles. The minimum absolute atomic E-state index is 0.268. The predicted octanol–water partition coefficient (Wildman–Crippen LogP) is 2.75. The molecule has 2 atom stereocenters. The van der Waals surface area contributed by atoms with Gasteiger partial charge in [0.1, 0.15) is 0 Å². The number of ether oxygens (including phenoxy) is 1. The predicted molar refractivity (Wildman–Crippen MR) is 65.0 cm³/mol. The molecule has 1 saturated carbocycles. The van der Waals surface area contributed by atoms with E-state index in [1.807, 2.05) is 0 Å². The van der Waals surface area contributed by atoms with Crippen LogP contribution in [0, 0.1) is 5.41 Å². The molecular weight excluding hydrogens is 186 g/mol. The number of nitrogens with one attached hydrogen (secondary N) is 1. The summed E-state index contributed by atoms with van der Waals surface area (Å²) in [7, 11) is 0. The molecule has 1 aliphatic rings. The molecule has 0 aromatic carbocycles. The number of hydrogen-bond acceptors (Lipinski definition) is 2. The fraction of sp³-hybridized carbons (Fsp3) is 0.846. The topological polar surface area (TPSA) is 21.3 Å². The molecule has 2 heteroatoms. The average Bonchev–Trinajstić information content (AvgIpc) is 2.21. The van der Waals surface area contributed by atoms with Gasteiger partial charge in [-0.05, 0) is 19.8 Å². The highest BCUT2D eigenvalue weighted by Gasteiger charge is 2.48. The van der Waals surface area contributed by atoms with Crippen molar-refractivity contribution in [2.45, 2.75) is 52.7 Å². The van der Waals surface area contributed by atoms with Crippen molar-refractivity contribution in [3.05, 3.63) is 12.2 Å². The van der Waals surface area contributed by atoms with Gasteiger partial charge in [0.2, 0.25) is 0 Å². The van der Waals surface area contributed by atoms with Crippen molar-refractivity contribution >= 4 is 0 Å². The lowest BCUT2D eigenvalue weighted by molar-refractivity contribution is -0.113. The first kappa shape index (κ1) is 12.7. The summed E-state index contributed by atoms with van der Waals surface area (Å²) in [6.45, 7) is 14.6. The van der Waals surface area contributed by atoms with Gasteiger partial charge < -0.3 is 10.1 Å². The third kappa shape index (κ3) is 2.82. The third-order valence-electron chi connectivity index (χ3n) is 3.64. The van der Waals surface area contributed by atoms with Gasteiger partial charge >= 0.3 is 0 Å². The van der Waals surface area contributed by atoms with E-state index in [0.29, 0.717) is 12.1 Å². The zero-order valence-corrected chi connectivity index (χ0v) is 10.6. The maximum absolute atomic E-state index is 5.69. The molecule has 1 fully saturated rings. The molecule has 0 radical (unpaired) electrons. The second-order valence-corrected chi connectivity index (χ2v) is 5.04. The maximum Gasteiger partial charge on any atom is 0.0655 e.